The lowest BCUT2D eigenvalue weighted by Gasteiger charge is -2.22. The molecule has 0 saturated heterocycles. The van der Waals surface area contributed by atoms with Crippen molar-refractivity contribution in [2.24, 2.45) is 4.99 Å². The molecule has 8 rings (SSSR count). The third kappa shape index (κ3) is 7.35. The molecule has 1 unspecified atom stereocenters. The summed E-state index contributed by atoms with van der Waals surface area (Å²) in [5.74, 6) is 2.26. The van der Waals surface area contributed by atoms with E-state index in [1.165, 1.54) is 5.57 Å². The number of ether oxygens (including phenoxy) is 4. The maximum Gasteiger partial charge on any atom is 0.261 e. The molecule has 0 fully saturated rings. The summed E-state index contributed by atoms with van der Waals surface area (Å²) in [6.07, 6.45) is 11.1. The van der Waals surface area contributed by atoms with Gasteiger partial charge in [0.15, 0.2) is 23.0 Å². The number of nitrogens with one attached hydrogen (secondary N) is 1. The van der Waals surface area contributed by atoms with Gasteiger partial charge in [-0.15, -0.1) is 0 Å². The second-order valence-corrected chi connectivity index (χ2v) is 13.3. The van der Waals surface area contributed by atoms with Gasteiger partial charge in [-0.1, -0.05) is 42.5 Å². The molecule has 0 radical (unpaired) electrons. The molecule has 10 nitrogen and oxygen atoms in total. The lowest BCUT2D eigenvalue weighted by Crippen LogP contribution is -2.37. The van der Waals surface area contributed by atoms with Gasteiger partial charge in [0, 0.05) is 55.4 Å². The minimum absolute atomic E-state index is 0.0953. The number of allylic oxidation sites excluding steroid dienone is 2. The Morgan fingerprint density at radius 1 is 0.887 bits per heavy atom. The van der Waals surface area contributed by atoms with Gasteiger partial charge in [-0.05, 0) is 84.4 Å². The number of aryl methyl sites for hydroxylation is 1. The molecule has 272 valence electrons. The van der Waals surface area contributed by atoms with Crippen LogP contribution >= 0.6 is 0 Å². The number of benzene rings is 4. The third-order valence-electron chi connectivity index (χ3n) is 10.0. The molecule has 10 heteroatoms. The minimum Gasteiger partial charge on any atom is -0.493 e. The number of aliphatic imine (C=N–C) groups is 1. The average molecular weight is 713 g/mol. The van der Waals surface area contributed by atoms with E-state index in [9.17, 15) is 9.59 Å². The quantitative estimate of drug-likeness (QED) is 0.167. The van der Waals surface area contributed by atoms with Crippen LogP contribution in [0.4, 0.5) is 17.1 Å². The summed E-state index contributed by atoms with van der Waals surface area (Å²) in [7, 11) is 5.09. The Hall–Kier alpha value is -6.03. The van der Waals surface area contributed by atoms with Crippen molar-refractivity contribution in [3.8, 4) is 23.0 Å². The monoisotopic (exact) mass is 712 g/mol. The molecule has 4 aromatic rings. The Morgan fingerprint density at radius 2 is 1.62 bits per heavy atom. The van der Waals surface area contributed by atoms with Crippen LogP contribution in [0.15, 0.2) is 101 Å². The van der Waals surface area contributed by atoms with Gasteiger partial charge in [-0.3, -0.25) is 19.5 Å². The number of hydrogen-bond acceptors (Lipinski definition) is 8. The smallest absolute Gasteiger partial charge is 0.261 e. The second-order valence-electron chi connectivity index (χ2n) is 13.3. The van der Waals surface area contributed by atoms with Crippen LogP contribution in [0.5, 0.6) is 23.0 Å². The van der Waals surface area contributed by atoms with Crippen LogP contribution in [0, 0.1) is 6.92 Å². The third-order valence-corrected chi connectivity index (χ3v) is 10.0. The summed E-state index contributed by atoms with van der Waals surface area (Å²) >= 11 is 0. The number of nitrogens with zero attached hydrogens (tertiary/aromatic N) is 3. The van der Waals surface area contributed by atoms with E-state index >= 15 is 0 Å². The Labute approximate surface area is 310 Å². The first kappa shape index (κ1) is 35.4. The largest absolute Gasteiger partial charge is 0.493 e. The van der Waals surface area contributed by atoms with Crippen LogP contribution < -0.4 is 29.2 Å². The number of anilines is 2. The first-order chi connectivity index (χ1) is 25.9. The Morgan fingerprint density at radius 3 is 2.36 bits per heavy atom. The summed E-state index contributed by atoms with van der Waals surface area (Å²) in [4.78, 5) is 32.5. The summed E-state index contributed by atoms with van der Waals surface area (Å²) in [5, 5.41) is 3.18. The van der Waals surface area contributed by atoms with Gasteiger partial charge in [-0.25, -0.2) is 0 Å². The Kier molecular flexibility index (Phi) is 10.5. The van der Waals surface area contributed by atoms with Gasteiger partial charge in [0.2, 0.25) is 6.41 Å². The molecule has 1 N–H and O–H groups in total. The second kappa shape index (κ2) is 15.7. The number of amides is 2. The number of methoxy groups -OCH3 is 2. The van der Waals surface area contributed by atoms with E-state index in [2.05, 4.69) is 23.5 Å². The maximum absolute atomic E-state index is 13.7. The number of rotatable bonds is 10. The lowest BCUT2D eigenvalue weighted by atomic mass is 10.0. The molecule has 0 saturated carbocycles. The first-order valence-electron chi connectivity index (χ1n) is 17.9. The summed E-state index contributed by atoms with van der Waals surface area (Å²) < 4.78 is 23.5. The van der Waals surface area contributed by atoms with Crippen molar-refractivity contribution in [2.75, 3.05) is 38.0 Å². The maximum atomic E-state index is 13.7. The Balaban J connectivity index is 0.000000336. The number of carbonyl (C=O) groups excluding carboxylic acids is 2. The highest BCUT2D eigenvalue weighted by Crippen LogP contribution is 2.41. The molecule has 1 atom stereocenters. The van der Waals surface area contributed by atoms with E-state index in [0.717, 1.165) is 78.0 Å². The van der Waals surface area contributed by atoms with Gasteiger partial charge >= 0.3 is 0 Å². The van der Waals surface area contributed by atoms with E-state index < -0.39 is 0 Å². The van der Waals surface area contributed by atoms with E-state index in [1.807, 2.05) is 79.7 Å². The first-order valence-corrected chi connectivity index (χ1v) is 17.9. The van der Waals surface area contributed by atoms with Gasteiger partial charge in [0.1, 0.15) is 13.2 Å². The van der Waals surface area contributed by atoms with Crippen LogP contribution in [0.1, 0.15) is 51.9 Å². The number of para-hydroxylation sites is 1. The minimum atomic E-state index is -0.118. The highest BCUT2D eigenvalue weighted by molar-refractivity contribution is 6.14. The van der Waals surface area contributed by atoms with Crippen LogP contribution in [0.2, 0.25) is 0 Å². The van der Waals surface area contributed by atoms with Crippen molar-refractivity contribution in [2.45, 2.75) is 51.9 Å². The fourth-order valence-corrected chi connectivity index (χ4v) is 7.26. The molecule has 3 aliphatic heterocycles. The molecule has 53 heavy (non-hydrogen) atoms. The van der Waals surface area contributed by atoms with Crippen molar-refractivity contribution in [1.29, 1.82) is 0 Å². The number of hydrogen-bond donors (Lipinski definition) is 1. The zero-order valence-corrected chi connectivity index (χ0v) is 30.6. The molecular weight excluding hydrogens is 668 g/mol. The molecular formula is C43H44N4O6. The SMILES string of the molecule is CNc1cc(OCc2cccc(COc3cc4c(cc3OC)C(=O)N3c5ccccc5CC3C=N4)c2)c(OC)cc1C.O=CN1CCC2=C1C=CCC2. The van der Waals surface area contributed by atoms with Crippen molar-refractivity contribution >= 4 is 35.6 Å². The van der Waals surface area contributed by atoms with E-state index in [0.29, 0.717) is 47.5 Å². The molecule has 0 aromatic heterocycles. The molecule has 0 spiro atoms. The highest BCUT2D eigenvalue weighted by Gasteiger charge is 2.36. The van der Waals surface area contributed by atoms with E-state index in [1.54, 1.807) is 31.3 Å². The summed E-state index contributed by atoms with van der Waals surface area (Å²) in [5.41, 5.74) is 9.77. The predicted molar refractivity (Wildman–Crippen MR) is 207 cm³/mol. The van der Waals surface area contributed by atoms with Crippen LogP contribution in [0.25, 0.3) is 0 Å². The number of carbonyl (C=O) groups is 2. The van der Waals surface area contributed by atoms with Crippen molar-refractivity contribution in [1.82, 2.24) is 4.90 Å². The average Bonchev–Trinajstić information content (AvgIpc) is 3.76. The fourth-order valence-electron chi connectivity index (χ4n) is 7.26. The molecule has 0 bridgehead atoms. The van der Waals surface area contributed by atoms with Crippen molar-refractivity contribution in [3.63, 3.8) is 0 Å². The van der Waals surface area contributed by atoms with Gasteiger partial charge in [0.05, 0.1) is 31.5 Å². The number of fused-ring (bicyclic) bond motifs is 4. The van der Waals surface area contributed by atoms with Crippen molar-refractivity contribution < 1.29 is 28.5 Å². The molecule has 4 aromatic carbocycles. The van der Waals surface area contributed by atoms with Gasteiger partial charge < -0.3 is 29.2 Å². The molecule has 4 aliphatic rings. The topological polar surface area (TPSA) is 102 Å². The molecule has 1 aliphatic carbocycles. The highest BCUT2D eigenvalue weighted by atomic mass is 16.5. The lowest BCUT2D eigenvalue weighted by molar-refractivity contribution is -0.115. The van der Waals surface area contributed by atoms with Gasteiger partial charge in [-0.2, -0.15) is 0 Å². The van der Waals surface area contributed by atoms with E-state index in [-0.39, 0.29) is 11.9 Å². The van der Waals surface area contributed by atoms with E-state index in [4.69, 9.17) is 23.9 Å². The normalized spacial score (nSPS) is 16.5. The standard InChI is InChI=1S/C34H33N3O5.C9H11NO/c1-21-12-30(39-3)32(16-27(21)35-2)41-19-22-8-7-9-23(13-22)20-42-33-17-28-26(15-31(33)40-4)34(38)37-25(18-36-28)14-24-10-5-6-11-29(24)37;11-7-10-6-5-8-3-1-2-4-9(8)10/h5-13,15-18,25,35H,14,19-20H2,1-4H3;2,4,7H,1,3,5-6H2. The fraction of sp³-hybridized carbons (Fsp3) is 0.279. The predicted octanol–water partition coefficient (Wildman–Crippen LogP) is 7.95. The summed E-state index contributed by atoms with van der Waals surface area (Å²) in [6, 6.07) is 23.3. The van der Waals surface area contributed by atoms with Gasteiger partial charge in [0.25, 0.3) is 5.91 Å². The Bertz CT molecular complexity index is 2120. The van der Waals surface area contributed by atoms with Crippen LogP contribution in [-0.4, -0.2) is 57.3 Å². The molecule has 3 heterocycles. The van der Waals surface area contributed by atoms with Crippen LogP contribution in [-0.2, 0) is 24.4 Å². The zero-order valence-electron chi connectivity index (χ0n) is 30.6. The zero-order chi connectivity index (χ0) is 36.9. The van der Waals surface area contributed by atoms with Crippen LogP contribution in [0.3, 0.4) is 0 Å². The molecule has 2 amide bonds. The summed E-state index contributed by atoms with van der Waals surface area (Å²) in [6.45, 7) is 3.59. The van der Waals surface area contributed by atoms with Crippen molar-refractivity contribution in [3.05, 3.63) is 124 Å².